The Labute approximate surface area is 107 Å². The summed E-state index contributed by atoms with van der Waals surface area (Å²) in [5, 5.41) is 0.445. The number of benzene rings is 1. The lowest BCUT2D eigenvalue weighted by Crippen LogP contribution is -2.18. The summed E-state index contributed by atoms with van der Waals surface area (Å²) in [5.41, 5.74) is 6.36. The average molecular weight is 277 g/mol. The molecule has 0 amide bonds. The maximum Gasteiger partial charge on any atom is 0.232 e. The van der Waals surface area contributed by atoms with E-state index in [4.69, 9.17) is 17.3 Å². The molecule has 0 aliphatic heterocycles. The van der Waals surface area contributed by atoms with E-state index < -0.39 is 10.0 Å². The molecule has 0 unspecified atom stereocenters. The van der Waals surface area contributed by atoms with Gasteiger partial charge in [-0.3, -0.25) is 4.72 Å². The number of nitrogen functional groups attached to an aromatic ring is 1. The predicted molar refractivity (Wildman–Crippen MR) is 72.7 cm³/mol. The average Bonchev–Trinajstić information content (AvgIpc) is 2.20. The first-order valence-corrected chi connectivity index (χ1v) is 7.39. The molecule has 0 heterocycles. The molecule has 0 radical (unpaired) electrons. The zero-order chi connectivity index (χ0) is 13.1. The van der Waals surface area contributed by atoms with E-state index in [0.717, 1.165) is 0 Å². The number of hydrogen-bond donors (Lipinski definition) is 2. The Balaban J connectivity index is 2.79. The summed E-state index contributed by atoms with van der Waals surface area (Å²) in [7, 11) is -3.36. The minimum absolute atomic E-state index is 0.0800. The third-order valence-electron chi connectivity index (χ3n) is 2.24. The number of anilines is 2. The molecule has 1 aromatic carbocycles. The van der Waals surface area contributed by atoms with Gasteiger partial charge < -0.3 is 5.73 Å². The summed E-state index contributed by atoms with van der Waals surface area (Å²) >= 11 is 5.78. The van der Waals surface area contributed by atoms with Crippen LogP contribution in [0.15, 0.2) is 18.2 Å². The van der Waals surface area contributed by atoms with Crippen LogP contribution in [0.1, 0.15) is 20.3 Å². The van der Waals surface area contributed by atoms with Crippen LogP contribution >= 0.6 is 11.6 Å². The van der Waals surface area contributed by atoms with Crippen molar-refractivity contribution >= 4 is 33.0 Å². The molecule has 1 rings (SSSR count). The second-order valence-electron chi connectivity index (χ2n) is 4.34. The van der Waals surface area contributed by atoms with Crippen molar-refractivity contribution in [3.63, 3.8) is 0 Å². The molecule has 3 N–H and O–H groups in total. The Morgan fingerprint density at radius 1 is 1.41 bits per heavy atom. The van der Waals surface area contributed by atoms with E-state index in [1.165, 1.54) is 6.07 Å². The summed E-state index contributed by atoms with van der Waals surface area (Å²) in [6, 6.07) is 4.69. The summed E-state index contributed by atoms with van der Waals surface area (Å²) in [4.78, 5) is 0. The molecule has 0 saturated heterocycles. The van der Waals surface area contributed by atoms with Crippen LogP contribution in [0.5, 0.6) is 0 Å². The van der Waals surface area contributed by atoms with Crippen molar-refractivity contribution < 1.29 is 8.42 Å². The van der Waals surface area contributed by atoms with Gasteiger partial charge in [-0.05, 0) is 30.5 Å². The highest BCUT2D eigenvalue weighted by molar-refractivity contribution is 7.92. The Morgan fingerprint density at radius 2 is 2.06 bits per heavy atom. The molecule has 1 aromatic rings. The van der Waals surface area contributed by atoms with Crippen molar-refractivity contribution in [3.05, 3.63) is 23.2 Å². The van der Waals surface area contributed by atoms with E-state index in [-0.39, 0.29) is 5.75 Å². The lowest BCUT2D eigenvalue weighted by molar-refractivity contribution is 0.578. The molecular formula is C11H17ClN2O2S. The minimum Gasteiger partial charge on any atom is -0.397 e. The summed E-state index contributed by atoms with van der Waals surface area (Å²) in [6.45, 7) is 3.95. The van der Waals surface area contributed by atoms with Crippen molar-refractivity contribution in [2.45, 2.75) is 20.3 Å². The second kappa shape index (κ2) is 5.60. The van der Waals surface area contributed by atoms with Crippen LogP contribution in [0, 0.1) is 5.92 Å². The highest BCUT2D eigenvalue weighted by Gasteiger charge is 2.13. The largest absolute Gasteiger partial charge is 0.397 e. The molecule has 0 aliphatic rings. The molecule has 0 spiro atoms. The van der Waals surface area contributed by atoms with Crippen LogP contribution in [0.25, 0.3) is 0 Å². The summed E-state index contributed by atoms with van der Waals surface area (Å²) in [5.74, 6) is 0.416. The fourth-order valence-corrected chi connectivity index (χ4v) is 2.79. The third kappa shape index (κ3) is 4.83. The fourth-order valence-electron chi connectivity index (χ4n) is 1.23. The van der Waals surface area contributed by atoms with Crippen LogP contribution in [-0.4, -0.2) is 14.2 Å². The molecule has 0 aliphatic carbocycles. The Morgan fingerprint density at radius 3 is 2.65 bits per heavy atom. The van der Waals surface area contributed by atoms with Crippen molar-refractivity contribution in [2.24, 2.45) is 5.92 Å². The van der Waals surface area contributed by atoms with Gasteiger partial charge in [-0.15, -0.1) is 0 Å². The lowest BCUT2D eigenvalue weighted by atomic mass is 10.2. The summed E-state index contributed by atoms with van der Waals surface area (Å²) in [6.07, 6.45) is 0.607. The minimum atomic E-state index is -3.36. The number of hydrogen-bond acceptors (Lipinski definition) is 3. The quantitative estimate of drug-likeness (QED) is 0.812. The number of rotatable bonds is 5. The summed E-state index contributed by atoms with van der Waals surface area (Å²) < 4.78 is 26.0. The van der Waals surface area contributed by atoms with Crippen LogP contribution in [0.4, 0.5) is 11.4 Å². The SMILES string of the molecule is CC(C)CCS(=O)(=O)Nc1cc(Cl)ccc1N. The number of nitrogens with one attached hydrogen (secondary N) is 1. The molecule has 0 aromatic heterocycles. The molecule has 17 heavy (non-hydrogen) atoms. The monoisotopic (exact) mass is 276 g/mol. The van der Waals surface area contributed by atoms with E-state index >= 15 is 0 Å². The number of nitrogens with two attached hydrogens (primary N) is 1. The lowest BCUT2D eigenvalue weighted by Gasteiger charge is -2.11. The molecule has 0 bridgehead atoms. The Hall–Kier alpha value is -0.940. The number of sulfonamides is 1. The van der Waals surface area contributed by atoms with Gasteiger partial charge in [0.05, 0.1) is 17.1 Å². The maximum atomic E-state index is 11.8. The van der Waals surface area contributed by atoms with Gasteiger partial charge in [-0.25, -0.2) is 8.42 Å². The van der Waals surface area contributed by atoms with Crippen LogP contribution < -0.4 is 10.5 Å². The smallest absolute Gasteiger partial charge is 0.232 e. The fraction of sp³-hybridized carbons (Fsp3) is 0.455. The predicted octanol–water partition coefficient (Wildman–Crippen LogP) is 2.71. The highest BCUT2D eigenvalue weighted by Crippen LogP contribution is 2.24. The first-order chi connectivity index (χ1) is 7.80. The van der Waals surface area contributed by atoms with Crippen LogP contribution in [-0.2, 0) is 10.0 Å². The first-order valence-electron chi connectivity index (χ1n) is 5.35. The van der Waals surface area contributed by atoms with Crippen molar-refractivity contribution in [2.75, 3.05) is 16.2 Å². The van der Waals surface area contributed by atoms with Gasteiger partial charge in [0.2, 0.25) is 10.0 Å². The zero-order valence-corrected chi connectivity index (χ0v) is 11.5. The molecule has 4 nitrogen and oxygen atoms in total. The van der Waals surface area contributed by atoms with Crippen LogP contribution in [0.2, 0.25) is 5.02 Å². The van der Waals surface area contributed by atoms with Gasteiger partial charge >= 0.3 is 0 Å². The van der Waals surface area contributed by atoms with Crippen molar-refractivity contribution in [1.82, 2.24) is 0 Å². The molecule has 0 fully saturated rings. The first kappa shape index (κ1) is 14.1. The van der Waals surface area contributed by atoms with E-state index in [2.05, 4.69) is 4.72 Å². The third-order valence-corrected chi connectivity index (χ3v) is 3.78. The van der Waals surface area contributed by atoms with E-state index in [0.29, 0.717) is 28.7 Å². The van der Waals surface area contributed by atoms with Gasteiger partial charge in [0.25, 0.3) is 0 Å². The number of halogens is 1. The molecule has 6 heteroatoms. The van der Waals surface area contributed by atoms with Crippen LogP contribution in [0.3, 0.4) is 0 Å². The molecule has 0 atom stereocenters. The van der Waals surface area contributed by atoms with Gasteiger partial charge in [0.1, 0.15) is 0 Å². The van der Waals surface area contributed by atoms with Crippen molar-refractivity contribution in [1.29, 1.82) is 0 Å². The maximum absolute atomic E-state index is 11.8. The molecular weight excluding hydrogens is 260 g/mol. The Bertz CT molecular complexity index is 486. The standard InChI is InChI=1S/C11H17ClN2O2S/c1-8(2)5-6-17(15,16)14-11-7-9(12)3-4-10(11)13/h3-4,7-8,14H,5-6,13H2,1-2H3. The second-order valence-corrected chi connectivity index (χ2v) is 6.61. The van der Waals surface area contributed by atoms with Gasteiger partial charge in [0, 0.05) is 5.02 Å². The molecule has 0 saturated carbocycles. The van der Waals surface area contributed by atoms with Gasteiger partial charge in [0.15, 0.2) is 0 Å². The van der Waals surface area contributed by atoms with E-state index in [1.807, 2.05) is 13.8 Å². The topological polar surface area (TPSA) is 72.2 Å². The van der Waals surface area contributed by atoms with Crippen molar-refractivity contribution in [3.8, 4) is 0 Å². The van der Waals surface area contributed by atoms with E-state index in [1.54, 1.807) is 12.1 Å². The Kier molecular flexibility index (Phi) is 4.65. The normalized spacial score (nSPS) is 11.8. The van der Waals surface area contributed by atoms with E-state index in [9.17, 15) is 8.42 Å². The zero-order valence-electron chi connectivity index (χ0n) is 9.90. The van der Waals surface area contributed by atoms with Gasteiger partial charge in [-0.1, -0.05) is 25.4 Å². The molecule has 96 valence electrons. The highest BCUT2D eigenvalue weighted by atomic mass is 35.5. The van der Waals surface area contributed by atoms with Gasteiger partial charge in [-0.2, -0.15) is 0 Å².